The molecule has 0 aliphatic rings. The maximum absolute atomic E-state index is 13.0. The zero-order valence-electron chi connectivity index (χ0n) is 12.1. The molecular weight excluding hydrogens is 280 g/mol. The molecule has 0 bridgehead atoms. The molecule has 6 heteroatoms. The number of halogens is 2. The molecule has 21 heavy (non-hydrogen) atoms. The highest BCUT2D eigenvalue weighted by Gasteiger charge is 2.19. The van der Waals surface area contributed by atoms with Crippen molar-refractivity contribution in [3.05, 3.63) is 35.4 Å². The fraction of sp³-hybridized carbons (Fsp3) is 0.467. The lowest BCUT2D eigenvalue weighted by Gasteiger charge is -2.23. The van der Waals surface area contributed by atoms with Crippen LogP contribution in [-0.4, -0.2) is 23.5 Å². The molecule has 0 aliphatic carbocycles. The van der Waals surface area contributed by atoms with Crippen LogP contribution in [0.4, 0.5) is 8.78 Å². The predicted molar refractivity (Wildman–Crippen MR) is 74.0 cm³/mol. The molecule has 0 fully saturated rings. The normalized spacial score (nSPS) is 11.2. The Morgan fingerprint density at radius 1 is 1.14 bits per heavy atom. The monoisotopic (exact) mass is 299 g/mol. The Balaban J connectivity index is 2.47. The van der Waals surface area contributed by atoms with Crippen molar-refractivity contribution in [2.45, 2.75) is 33.1 Å². The van der Waals surface area contributed by atoms with Crippen molar-refractivity contribution in [1.82, 2.24) is 5.32 Å². The van der Waals surface area contributed by atoms with Crippen LogP contribution in [0.5, 0.6) is 0 Å². The quantitative estimate of drug-likeness (QED) is 0.813. The third-order valence-corrected chi connectivity index (χ3v) is 3.23. The van der Waals surface area contributed by atoms with Crippen LogP contribution in [0, 0.1) is 17.0 Å². The molecule has 0 radical (unpaired) electrons. The minimum absolute atomic E-state index is 0.0655. The van der Waals surface area contributed by atoms with Crippen LogP contribution in [0.15, 0.2) is 18.2 Å². The molecule has 0 saturated heterocycles. The maximum atomic E-state index is 13.0. The van der Waals surface area contributed by atoms with E-state index in [2.05, 4.69) is 5.32 Å². The number of hydrogen-bond donors (Lipinski definition) is 2. The van der Waals surface area contributed by atoms with Crippen molar-refractivity contribution >= 4 is 11.9 Å². The molecule has 0 unspecified atom stereocenters. The molecule has 0 atom stereocenters. The molecule has 1 rings (SSSR count). The fourth-order valence-electron chi connectivity index (χ4n) is 1.87. The van der Waals surface area contributed by atoms with Crippen LogP contribution in [-0.2, 0) is 4.79 Å². The van der Waals surface area contributed by atoms with E-state index in [-0.39, 0.29) is 17.4 Å². The summed E-state index contributed by atoms with van der Waals surface area (Å²) in [7, 11) is 0. The van der Waals surface area contributed by atoms with E-state index < -0.39 is 23.5 Å². The first kappa shape index (κ1) is 17.1. The number of carbonyl (C=O) groups excluding carboxylic acids is 1. The van der Waals surface area contributed by atoms with Crippen molar-refractivity contribution in [2.24, 2.45) is 5.41 Å². The Hall–Kier alpha value is -1.98. The molecule has 0 heterocycles. The Kier molecular flexibility index (Phi) is 5.81. The number of hydrogen-bond acceptors (Lipinski definition) is 2. The average Bonchev–Trinajstić information content (AvgIpc) is 2.35. The number of benzene rings is 1. The highest BCUT2D eigenvalue weighted by Crippen LogP contribution is 2.26. The second-order valence-corrected chi connectivity index (χ2v) is 5.72. The van der Waals surface area contributed by atoms with Gasteiger partial charge in [-0.25, -0.2) is 8.78 Å². The van der Waals surface area contributed by atoms with Gasteiger partial charge in [-0.2, -0.15) is 0 Å². The van der Waals surface area contributed by atoms with Crippen LogP contribution in [0.1, 0.15) is 43.5 Å². The lowest BCUT2D eigenvalue weighted by atomic mass is 9.84. The first-order valence-corrected chi connectivity index (χ1v) is 6.66. The van der Waals surface area contributed by atoms with Gasteiger partial charge in [0.05, 0.1) is 0 Å². The molecule has 0 spiro atoms. The molecule has 2 N–H and O–H groups in total. The Morgan fingerprint density at radius 3 is 2.24 bits per heavy atom. The Morgan fingerprint density at radius 2 is 1.71 bits per heavy atom. The minimum Gasteiger partial charge on any atom is -0.481 e. The summed E-state index contributed by atoms with van der Waals surface area (Å²) < 4.78 is 26.0. The highest BCUT2D eigenvalue weighted by molar-refractivity contribution is 5.94. The van der Waals surface area contributed by atoms with Crippen LogP contribution in [0.3, 0.4) is 0 Å². The van der Waals surface area contributed by atoms with Gasteiger partial charge < -0.3 is 10.4 Å². The topological polar surface area (TPSA) is 66.4 Å². The first-order chi connectivity index (χ1) is 9.69. The number of nitrogens with one attached hydrogen (secondary N) is 1. The van der Waals surface area contributed by atoms with Crippen molar-refractivity contribution in [3.8, 4) is 0 Å². The smallest absolute Gasteiger partial charge is 0.303 e. The largest absolute Gasteiger partial charge is 0.481 e. The van der Waals surface area contributed by atoms with Gasteiger partial charge in [-0.05, 0) is 30.4 Å². The standard InChI is InChI=1S/C15H19F2NO3/c1-15(2,4-3-13(19)20)5-6-18-14(21)10-7-11(16)9-12(17)8-10/h7-9H,3-6H2,1-2H3,(H,18,21)(H,19,20). The molecule has 1 aromatic rings. The van der Waals surface area contributed by atoms with Crippen LogP contribution < -0.4 is 5.32 Å². The van der Waals surface area contributed by atoms with Gasteiger partial charge in [0.25, 0.3) is 5.91 Å². The molecule has 1 aromatic carbocycles. The summed E-state index contributed by atoms with van der Waals surface area (Å²) >= 11 is 0. The van der Waals surface area contributed by atoms with E-state index in [4.69, 9.17) is 5.11 Å². The van der Waals surface area contributed by atoms with E-state index in [1.807, 2.05) is 13.8 Å². The third kappa shape index (κ3) is 6.33. The molecule has 0 aliphatic heterocycles. The Bertz CT molecular complexity index is 509. The lowest BCUT2D eigenvalue weighted by Crippen LogP contribution is -2.28. The summed E-state index contributed by atoms with van der Waals surface area (Å²) in [5.74, 6) is -3.02. The minimum atomic E-state index is -0.859. The number of aliphatic carboxylic acids is 1. The number of carboxylic acid groups (broad SMARTS) is 1. The van der Waals surface area contributed by atoms with Crippen molar-refractivity contribution in [2.75, 3.05) is 6.54 Å². The summed E-state index contributed by atoms with van der Waals surface area (Å²) in [5.41, 5.74) is -0.311. The van der Waals surface area contributed by atoms with Crippen molar-refractivity contribution in [3.63, 3.8) is 0 Å². The zero-order valence-corrected chi connectivity index (χ0v) is 12.1. The summed E-state index contributed by atoms with van der Waals surface area (Å²) in [5, 5.41) is 11.2. The number of rotatable bonds is 7. The summed E-state index contributed by atoms with van der Waals surface area (Å²) in [6.45, 7) is 4.12. The number of carboxylic acids is 1. The van der Waals surface area contributed by atoms with E-state index in [1.54, 1.807) is 0 Å². The van der Waals surface area contributed by atoms with Gasteiger partial charge in [0, 0.05) is 24.6 Å². The van der Waals surface area contributed by atoms with Crippen LogP contribution in [0.25, 0.3) is 0 Å². The van der Waals surface area contributed by atoms with E-state index >= 15 is 0 Å². The summed E-state index contributed by atoms with van der Waals surface area (Å²) in [6.07, 6.45) is 1.13. The molecule has 116 valence electrons. The van der Waals surface area contributed by atoms with Gasteiger partial charge in [-0.15, -0.1) is 0 Å². The second-order valence-electron chi connectivity index (χ2n) is 5.72. The Labute approximate surface area is 122 Å². The van der Waals surface area contributed by atoms with Gasteiger partial charge in [0.1, 0.15) is 11.6 Å². The average molecular weight is 299 g/mol. The molecule has 1 amide bonds. The summed E-state index contributed by atoms with van der Waals surface area (Å²) in [6, 6.07) is 2.63. The summed E-state index contributed by atoms with van der Waals surface area (Å²) in [4.78, 5) is 22.3. The van der Waals surface area contributed by atoms with Gasteiger partial charge >= 0.3 is 5.97 Å². The number of carbonyl (C=O) groups is 2. The van der Waals surface area contributed by atoms with E-state index in [0.717, 1.165) is 12.1 Å². The zero-order chi connectivity index (χ0) is 16.0. The molecule has 4 nitrogen and oxygen atoms in total. The van der Waals surface area contributed by atoms with Crippen molar-refractivity contribution in [1.29, 1.82) is 0 Å². The highest BCUT2D eigenvalue weighted by atomic mass is 19.1. The maximum Gasteiger partial charge on any atom is 0.303 e. The van der Waals surface area contributed by atoms with Crippen LogP contribution >= 0.6 is 0 Å². The van der Waals surface area contributed by atoms with Gasteiger partial charge in [0.15, 0.2) is 0 Å². The van der Waals surface area contributed by atoms with Crippen LogP contribution in [0.2, 0.25) is 0 Å². The SMILES string of the molecule is CC(C)(CCNC(=O)c1cc(F)cc(F)c1)CCC(=O)O. The number of amides is 1. The second kappa shape index (κ2) is 7.15. The van der Waals surface area contributed by atoms with Gasteiger partial charge in [-0.3, -0.25) is 9.59 Å². The third-order valence-electron chi connectivity index (χ3n) is 3.23. The fourth-order valence-corrected chi connectivity index (χ4v) is 1.87. The molecule has 0 saturated carbocycles. The predicted octanol–water partition coefficient (Wildman–Crippen LogP) is 2.98. The molecule has 0 aromatic heterocycles. The van der Waals surface area contributed by atoms with E-state index in [9.17, 15) is 18.4 Å². The van der Waals surface area contributed by atoms with E-state index in [1.165, 1.54) is 0 Å². The lowest BCUT2D eigenvalue weighted by molar-refractivity contribution is -0.137. The van der Waals surface area contributed by atoms with Gasteiger partial charge in [0.2, 0.25) is 0 Å². The van der Waals surface area contributed by atoms with E-state index in [0.29, 0.717) is 25.5 Å². The first-order valence-electron chi connectivity index (χ1n) is 6.66. The molecular formula is C15H19F2NO3. The van der Waals surface area contributed by atoms with Crippen molar-refractivity contribution < 1.29 is 23.5 Å². The van der Waals surface area contributed by atoms with Gasteiger partial charge in [-0.1, -0.05) is 13.8 Å².